The molecule has 0 aliphatic heterocycles. The Balaban J connectivity index is 2.14. The first kappa shape index (κ1) is 16.8. The van der Waals surface area contributed by atoms with Crippen molar-refractivity contribution in [2.45, 2.75) is 27.0 Å². The summed E-state index contributed by atoms with van der Waals surface area (Å²) in [4.78, 5) is 0. The topological polar surface area (TPSA) is 30.5 Å². The van der Waals surface area contributed by atoms with E-state index < -0.39 is 0 Å². The Bertz CT molecular complexity index is 628. The standard InChI is InChI=1S/C18H22BrNO2/c1-4-20-11-15-9-17(21-3)18(10-16(15)19)22-12-14-7-5-6-13(2)8-14/h5-10,20H,4,11-12H2,1-3H3. The van der Waals surface area contributed by atoms with Crippen LogP contribution in [0.4, 0.5) is 0 Å². The van der Waals surface area contributed by atoms with Gasteiger partial charge in [-0.3, -0.25) is 0 Å². The minimum atomic E-state index is 0.525. The van der Waals surface area contributed by atoms with E-state index in [-0.39, 0.29) is 0 Å². The van der Waals surface area contributed by atoms with Gasteiger partial charge in [0.2, 0.25) is 0 Å². The minimum Gasteiger partial charge on any atom is -0.493 e. The summed E-state index contributed by atoms with van der Waals surface area (Å²) in [5.41, 5.74) is 3.53. The van der Waals surface area contributed by atoms with Gasteiger partial charge in [-0.2, -0.15) is 0 Å². The molecule has 0 aromatic heterocycles. The van der Waals surface area contributed by atoms with Crippen LogP contribution in [0.1, 0.15) is 23.6 Å². The molecule has 2 aromatic carbocycles. The Morgan fingerprint density at radius 1 is 1.14 bits per heavy atom. The summed E-state index contributed by atoms with van der Waals surface area (Å²) >= 11 is 3.60. The van der Waals surface area contributed by atoms with E-state index in [1.54, 1.807) is 7.11 Å². The summed E-state index contributed by atoms with van der Waals surface area (Å²) in [6.45, 7) is 6.42. The van der Waals surface area contributed by atoms with Gasteiger partial charge in [0.05, 0.1) is 7.11 Å². The first-order valence-electron chi connectivity index (χ1n) is 7.39. The Morgan fingerprint density at radius 2 is 1.95 bits per heavy atom. The quantitative estimate of drug-likeness (QED) is 0.787. The molecule has 0 spiro atoms. The molecular weight excluding hydrogens is 342 g/mol. The number of aryl methyl sites for hydroxylation is 1. The van der Waals surface area contributed by atoms with E-state index in [4.69, 9.17) is 9.47 Å². The van der Waals surface area contributed by atoms with Gasteiger partial charge in [0, 0.05) is 11.0 Å². The maximum absolute atomic E-state index is 5.93. The molecular formula is C18H22BrNO2. The summed E-state index contributed by atoms with van der Waals surface area (Å²) in [7, 11) is 1.67. The fraction of sp³-hybridized carbons (Fsp3) is 0.333. The smallest absolute Gasteiger partial charge is 0.162 e. The molecule has 0 saturated heterocycles. The van der Waals surface area contributed by atoms with E-state index in [9.17, 15) is 0 Å². The summed E-state index contributed by atoms with van der Waals surface area (Å²) in [6, 6.07) is 12.3. The number of ether oxygens (including phenoxy) is 2. The molecule has 0 heterocycles. The van der Waals surface area contributed by atoms with Crippen LogP contribution in [0.5, 0.6) is 11.5 Å². The Labute approximate surface area is 140 Å². The fourth-order valence-electron chi connectivity index (χ4n) is 2.21. The third kappa shape index (κ3) is 4.49. The second-order valence-corrected chi connectivity index (χ2v) is 6.01. The van der Waals surface area contributed by atoms with Gasteiger partial charge < -0.3 is 14.8 Å². The molecule has 4 heteroatoms. The molecule has 0 atom stereocenters. The van der Waals surface area contributed by atoms with Crippen molar-refractivity contribution in [1.29, 1.82) is 0 Å². The second kappa shape index (κ2) is 8.20. The van der Waals surface area contributed by atoms with E-state index >= 15 is 0 Å². The average Bonchev–Trinajstić information content (AvgIpc) is 2.52. The van der Waals surface area contributed by atoms with Gasteiger partial charge in [-0.15, -0.1) is 0 Å². The van der Waals surface area contributed by atoms with Gasteiger partial charge in [-0.25, -0.2) is 0 Å². The van der Waals surface area contributed by atoms with E-state index in [2.05, 4.69) is 53.3 Å². The summed E-state index contributed by atoms with van der Waals surface area (Å²) in [5, 5.41) is 3.31. The predicted molar refractivity (Wildman–Crippen MR) is 93.6 cm³/mol. The van der Waals surface area contributed by atoms with Crippen LogP contribution in [-0.4, -0.2) is 13.7 Å². The van der Waals surface area contributed by atoms with Gasteiger partial charge >= 0.3 is 0 Å². The van der Waals surface area contributed by atoms with Crippen molar-refractivity contribution in [3.8, 4) is 11.5 Å². The Kier molecular flexibility index (Phi) is 6.28. The summed E-state index contributed by atoms with van der Waals surface area (Å²) in [6.07, 6.45) is 0. The van der Waals surface area contributed by atoms with Gasteiger partial charge in [-0.1, -0.05) is 52.7 Å². The SMILES string of the molecule is CCNCc1cc(OC)c(OCc2cccc(C)c2)cc1Br. The van der Waals surface area contributed by atoms with Crippen LogP contribution in [0.2, 0.25) is 0 Å². The van der Waals surface area contributed by atoms with Crippen LogP contribution in [0.15, 0.2) is 40.9 Å². The molecule has 2 aromatic rings. The monoisotopic (exact) mass is 363 g/mol. The number of methoxy groups -OCH3 is 1. The highest BCUT2D eigenvalue weighted by Gasteiger charge is 2.10. The van der Waals surface area contributed by atoms with Gasteiger partial charge in [0.15, 0.2) is 11.5 Å². The van der Waals surface area contributed by atoms with Crippen LogP contribution in [0, 0.1) is 6.92 Å². The normalized spacial score (nSPS) is 10.5. The van der Waals surface area contributed by atoms with E-state index in [1.807, 2.05) is 18.2 Å². The lowest BCUT2D eigenvalue weighted by molar-refractivity contribution is 0.284. The van der Waals surface area contributed by atoms with E-state index in [0.29, 0.717) is 6.61 Å². The Morgan fingerprint density at radius 3 is 2.64 bits per heavy atom. The lowest BCUT2D eigenvalue weighted by atomic mass is 10.1. The number of nitrogens with one attached hydrogen (secondary N) is 1. The van der Waals surface area contributed by atoms with Crippen LogP contribution >= 0.6 is 15.9 Å². The third-order valence-electron chi connectivity index (χ3n) is 3.37. The molecule has 0 unspecified atom stereocenters. The highest BCUT2D eigenvalue weighted by molar-refractivity contribution is 9.10. The first-order valence-corrected chi connectivity index (χ1v) is 8.18. The average molecular weight is 364 g/mol. The number of rotatable bonds is 7. The number of hydrogen-bond acceptors (Lipinski definition) is 3. The molecule has 118 valence electrons. The maximum atomic E-state index is 5.93. The molecule has 0 amide bonds. The lowest BCUT2D eigenvalue weighted by Crippen LogP contribution is -2.12. The van der Waals surface area contributed by atoms with Crippen molar-refractivity contribution >= 4 is 15.9 Å². The molecule has 1 N–H and O–H groups in total. The summed E-state index contributed by atoms with van der Waals surface area (Å²) in [5.74, 6) is 1.50. The number of benzene rings is 2. The van der Waals surface area contributed by atoms with Crippen molar-refractivity contribution in [1.82, 2.24) is 5.32 Å². The highest BCUT2D eigenvalue weighted by atomic mass is 79.9. The molecule has 0 fully saturated rings. The van der Waals surface area contributed by atoms with E-state index in [1.165, 1.54) is 5.56 Å². The first-order chi connectivity index (χ1) is 10.6. The molecule has 0 aliphatic rings. The Hall–Kier alpha value is -1.52. The second-order valence-electron chi connectivity index (χ2n) is 5.15. The zero-order valence-corrected chi connectivity index (χ0v) is 14.9. The van der Waals surface area contributed by atoms with Crippen LogP contribution < -0.4 is 14.8 Å². The lowest BCUT2D eigenvalue weighted by Gasteiger charge is -2.14. The van der Waals surface area contributed by atoms with Gasteiger partial charge in [0.25, 0.3) is 0 Å². The van der Waals surface area contributed by atoms with Crippen molar-refractivity contribution < 1.29 is 9.47 Å². The van der Waals surface area contributed by atoms with Crippen molar-refractivity contribution in [3.05, 3.63) is 57.6 Å². The molecule has 3 nitrogen and oxygen atoms in total. The maximum Gasteiger partial charge on any atom is 0.162 e. The summed E-state index contributed by atoms with van der Waals surface area (Å²) < 4.78 is 12.4. The number of hydrogen-bond donors (Lipinski definition) is 1. The number of halogens is 1. The van der Waals surface area contributed by atoms with E-state index in [0.717, 1.165) is 40.2 Å². The molecule has 0 saturated carbocycles. The predicted octanol–water partition coefficient (Wildman–Crippen LogP) is 4.45. The highest BCUT2D eigenvalue weighted by Crippen LogP contribution is 2.34. The molecule has 0 bridgehead atoms. The molecule has 0 radical (unpaired) electrons. The molecule has 0 aliphatic carbocycles. The van der Waals surface area contributed by atoms with Crippen LogP contribution in [-0.2, 0) is 13.2 Å². The van der Waals surface area contributed by atoms with Crippen LogP contribution in [0.25, 0.3) is 0 Å². The fourth-order valence-corrected chi connectivity index (χ4v) is 2.67. The molecule has 2 rings (SSSR count). The van der Waals surface area contributed by atoms with Gasteiger partial charge in [-0.05, 0) is 36.7 Å². The minimum absolute atomic E-state index is 0.525. The van der Waals surface area contributed by atoms with Crippen molar-refractivity contribution in [3.63, 3.8) is 0 Å². The van der Waals surface area contributed by atoms with Gasteiger partial charge in [0.1, 0.15) is 6.61 Å². The van der Waals surface area contributed by atoms with Crippen molar-refractivity contribution in [2.75, 3.05) is 13.7 Å². The van der Waals surface area contributed by atoms with Crippen LogP contribution in [0.3, 0.4) is 0 Å². The zero-order chi connectivity index (χ0) is 15.9. The third-order valence-corrected chi connectivity index (χ3v) is 4.11. The largest absolute Gasteiger partial charge is 0.493 e. The van der Waals surface area contributed by atoms with Crippen molar-refractivity contribution in [2.24, 2.45) is 0 Å². The zero-order valence-electron chi connectivity index (χ0n) is 13.3. The molecule has 22 heavy (non-hydrogen) atoms.